The molecule has 1 saturated carbocycles. The van der Waals surface area contributed by atoms with Crippen LogP contribution in [0.3, 0.4) is 0 Å². The molecular formula is C13H24N2O2. The summed E-state index contributed by atoms with van der Waals surface area (Å²) in [6, 6.07) is 0.247. The number of hydrogen-bond donors (Lipinski definition) is 3. The van der Waals surface area contributed by atoms with Gasteiger partial charge in [-0.3, -0.25) is 4.79 Å². The number of hydrogen-bond acceptors (Lipinski definition) is 3. The first-order valence-electron chi connectivity index (χ1n) is 6.82. The first-order valence-corrected chi connectivity index (χ1v) is 6.82. The van der Waals surface area contributed by atoms with Crippen LogP contribution in [0.15, 0.2) is 0 Å². The Kier molecular flexibility index (Phi) is 3.46. The van der Waals surface area contributed by atoms with Crippen molar-refractivity contribution < 1.29 is 9.90 Å². The van der Waals surface area contributed by atoms with Crippen LogP contribution in [0.4, 0.5) is 0 Å². The van der Waals surface area contributed by atoms with Crippen molar-refractivity contribution in [2.75, 3.05) is 13.1 Å². The molecule has 4 nitrogen and oxygen atoms in total. The lowest BCUT2D eigenvalue weighted by molar-refractivity contribution is -0.179. The molecule has 0 aromatic carbocycles. The molecule has 0 atom stereocenters. The van der Waals surface area contributed by atoms with Crippen molar-refractivity contribution in [3.8, 4) is 0 Å². The highest BCUT2D eigenvalue weighted by atomic mass is 16.3. The highest BCUT2D eigenvalue weighted by Gasteiger charge is 2.61. The zero-order chi connectivity index (χ0) is 12.5. The van der Waals surface area contributed by atoms with Crippen LogP contribution in [0.25, 0.3) is 0 Å². The summed E-state index contributed by atoms with van der Waals surface area (Å²) in [5, 5.41) is 16.7. The van der Waals surface area contributed by atoms with Crippen LogP contribution >= 0.6 is 0 Å². The van der Waals surface area contributed by atoms with E-state index in [0.29, 0.717) is 13.1 Å². The largest absolute Gasteiger partial charge is 0.386 e. The topological polar surface area (TPSA) is 61.4 Å². The number of carbonyl (C=O) groups is 1. The third kappa shape index (κ3) is 1.87. The highest BCUT2D eigenvalue weighted by Crippen LogP contribution is 2.51. The summed E-state index contributed by atoms with van der Waals surface area (Å²) in [5.74, 6) is 0.0708. The molecule has 1 saturated heterocycles. The van der Waals surface area contributed by atoms with Gasteiger partial charge >= 0.3 is 0 Å². The zero-order valence-corrected chi connectivity index (χ0v) is 10.9. The van der Waals surface area contributed by atoms with E-state index in [0.717, 1.165) is 32.1 Å². The Hall–Kier alpha value is -0.610. The molecule has 1 amide bonds. The monoisotopic (exact) mass is 240 g/mol. The molecule has 0 radical (unpaired) electrons. The normalized spacial score (nSPS) is 24.9. The van der Waals surface area contributed by atoms with E-state index in [4.69, 9.17) is 0 Å². The summed E-state index contributed by atoms with van der Waals surface area (Å²) < 4.78 is 0. The van der Waals surface area contributed by atoms with Gasteiger partial charge in [0.1, 0.15) is 5.60 Å². The van der Waals surface area contributed by atoms with Crippen LogP contribution in [-0.4, -0.2) is 35.7 Å². The number of aliphatic hydroxyl groups is 1. The van der Waals surface area contributed by atoms with Gasteiger partial charge in [-0.05, 0) is 25.7 Å². The van der Waals surface area contributed by atoms with Crippen LogP contribution in [0.5, 0.6) is 0 Å². The molecule has 0 bridgehead atoms. The Morgan fingerprint density at radius 3 is 2.24 bits per heavy atom. The molecule has 0 spiro atoms. The minimum absolute atomic E-state index is 0.0708. The second kappa shape index (κ2) is 4.58. The van der Waals surface area contributed by atoms with E-state index in [1.54, 1.807) is 0 Å². The number of carbonyl (C=O) groups excluding carboxylic acids is 1. The van der Waals surface area contributed by atoms with E-state index in [2.05, 4.69) is 24.5 Å². The SMILES string of the molecule is CCC(CC)NC(=O)C1(C2(O)CNC2)CCC1. The maximum absolute atomic E-state index is 12.4. The molecule has 4 heteroatoms. The summed E-state index contributed by atoms with van der Waals surface area (Å²) in [4.78, 5) is 12.4. The van der Waals surface area contributed by atoms with Crippen LogP contribution in [0.2, 0.25) is 0 Å². The predicted octanol–water partition coefficient (Wildman–Crippen LogP) is 0.796. The van der Waals surface area contributed by atoms with E-state index in [1.807, 2.05) is 0 Å². The van der Waals surface area contributed by atoms with Crippen LogP contribution in [0, 0.1) is 5.41 Å². The first kappa shape index (κ1) is 12.8. The van der Waals surface area contributed by atoms with Gasteiger partial charge in [0.05, 0.1) is 5.41 Å². The highest BCUT2D eigenvalue weighted by molar-refractivity contribution is 5.85. The molecule has 1 aliphatic heterocycles. The summed E-state index contributed by atoms with van der Waals surface area (Å²) in [6.07, 6.45) is 4.62. The summed E-state index contributed by atoms with van der Waals surface area (Å²) in [7, 11) is 0. The van der Waals surface area contributed by atoms with Gasteiger partial charge in [-0.1, -0.05) is 20.3 Å². The van der Waals surface area contributed by atoms with Crippen molar-refractivity contribution in [2.24, 2.45) is 5.41 Å². The first-order chi connectivity index (χ1) is 8.08. The minimum Gasteiger partial charge on any atom is -0.386 e. The van der Waals surface area contributed by atoms with Gasteiger partial charge in [0.2, 0.25) is 5.91 Å². The second-order valence-electron chi connectivity index (χ2n) is 5.56. The Balaban J connectivity index is 2.05. The Bertz CT molecular complexity index is 292. The van der Waals surface area contributed by atoms with Crippen LogP contribution in [-0.2, 0) is 4.79 Å². The van der Waals surface area contributed by atoms with Gasteiger partial charge in [0, 0.05) is 19.1 Å². The van der Waals surface area contributed by atoms with Crippen molar-refractivity contribution in [3.05, 3.63) is 0 Å². The van der Waals surface area contributed by atoms with Gasteiger partial charge in [-0.15, -0.1) is 0 Å². The van der Waals surface area contributed by atoms with Crippen molar-refractivity contribution in [2.45, 2.75) is 57.6 Å². The summed E-state index contributed by atoms with van der Waals surface area (Å²) in [6.45, 7) is 5.29. The van der Waals surface area contributed by atoms with Gasteiger partial charge in [0.15, 0.2) is 0 Å². The Morgan fingerprint density at radius 2 is 1.94 bits per heavy atom. The number of rotatable bonds is 5. The fraction of sp³-hybridized carbons (Fsp3) is 0.923. The number of amides is 1. The number of β-amino-alcohol motifs (C(OH)–C–C–N with tert-alkyl or cyclic N) is 1. The fourth-order valence-corrected chi connectivity index (χ4v) is 2.95. The van der Waals surface area contributed by atoms with Crippen molar-refractivity contribution in [1.82, 2.24) is 10.6 Å². The Labute approximate surface area is 103 Å². The second-order valence-corrected chi connectivity index (χ2v) is 5.56. The standard InChI is InChI=1S/C13H24N2O2/c1-3-10(4-2)15-11(16)12(6-5-7-12)13(17)8-14-9-13/h10,14,17H,3-9H2,1-2H3,(H,15,16). The van der Waals surface area contributed by atoms with E-state index in [-0.39, 0.29) is 11.9 Å². The third-order valence-electron chi connectivity index (χ3n) is 4.69. The van der Waals surface area contributed by atoms with E-state index in [1.165, 1.54) is 0 Å². The zero-order valence-electron chi connectivity index (χ0n) is 10.9. The summed E-state index contributed by atoms with van der Waals surface area (Å²) in [5.41, 5.74) is -1.32. The minimum atomic E-state index is -0.804. The maximum atomic E-state index is 12.4. The van der Waals surface area contributed by atoms with Crippen molar-refractivity contribution in [3.63, 3.8) is 0 Å². The summed E-state index contributed by atoms with van der Waals surface area (Å²) >= 11 is 0. The van der Waals surface area contributed by atoms with Gasteiger partial charge in [-0.25, -0.2) is 0 Å². The fourth-order valence-electron chi connectivity index (χ4n) is 2.95. The molecule has 98 valence electrons. The molecule has 1 aliphatic carbocycles. The molecular weight excluding hydrogens is 216 g/mol. The van der Waals surface area contributed by atoms with E-state index >= 15 is 0 Å². The smallest absolute Gasteiger partial charge is 0.229 e. The van der Waals surface area contributed by atoms with Crippen molar-refractivity contribution in [1.29, 1.82) is 0 Å². The number of nitrogens with one attached hydrogen (secondary N) is 2. The molecule has 0 aromatic rings. The average molecular weight is 240 g/mol. The van der Waals surface area contributed by atoms with Gasteiger partial charge in [-0.2, -0.15) is 0 Å². The molecule has 2 rings (SSSR count). The third-order valence-corrected chi connectivity index (χ3v) is 4.69. The van der Waals surface area contributed by atoms with E-state index in [9.17, 15) is 9.90 Å². The molecule has 2 aliphatic rings. The molecule has 17 heavy (non-hydrogen) atoms. The quantitative estimate of drug-likeness (QED) is 0.666. The van der Waals surface area contributed by atoms with Crippen LogP contribution in [0.1, 0.15) is 46.0 Å². The lowest BCUT2D eigenvalue weighted by Crippen LogP contribution is -2.74. The Morgan fingerprint density at radius 1 is 1.35 bits per heavy atom. The lowest BCUT2D eigenvalue weighted by atomic mass is 9.56. The maximum Gasteiger partial charge on any atom is 0.229 e. The molecule has 0 unspecified atom stereocenters. The molecule has 2 fully saturated rings. The molecule has 0 aromatic heterocycles. The molecule has 1 heterocycles. The molecule has 3 N–H and O–H groups in total. The van der Waals surface area contributed by atoms with Crippen LogP contribution < -0.4 is 10.6 Å². The predicted molar refractivity (Wildman–Crippen MR) is 66.6 cm³/mol. The average Bonchev–Trinajstić information content (AvgIpc) is 2.21. The lowest BCUT2D eigenvalue weighted by Gasteiger charge is -2.56. The van der Waals surface area contributed by atoms with Gasteiger partial charge < -0.3 is 15.7 Å². The van der Waals surface area contributed by atoms with Crippen molar-refractivity contribution >= 4 is 5.91 Å². The van der Waals surface area contributed by atoms with Gasteiger partial charge in [0.25, 0.3) is 0 Å². The van der Waals surface area contributed by atoms with E-state index < -0.39 is 11.0 Å².